The summed E-state index contributed by atoms with van der Waals surface area (Å²) >= 11 is 0. The molecule has 0 aliphatic rings. The first-order valence-electron chi connectivity index (χ1n) is 5.20. The second-order valence-electron chi connectivity index (χ2n) is 4.03. The fourth-order valence-electron chi connectivity index (χ4n) is 1.81. The van der Waals surface area contributed by atoms with E-state index in [0.29, 0.717) is 5.69 Å². The van der Waals surface area contributed by atoms with Crippen LogP contribution in [0.25, 0.3) is 11.1 Å². The number of benzene rings is 2. The van der Waals surface area contributed by atoms with Crippen molar-refractivity contribution < 1.29 is 4.39 Å². The highest BCUT2D eigenvalue weighted by Gasteiger charge is 2.06. The highest BCUT2D eigenvalue weighted by Crippen LogP contribution is 2.28. The molecule has 2 N–H and O–H groups in total. The predicted octanol–water partition coefficient (Wildman–Crippen LogP) is 3.69. The minimum Gasteiger partial charge on any atom is -0.399 e. The van der Waals surface area contributed by atoms with Crippen molar-refractivity contribution in [3.8, 4) is 11.1 Å². The van der Waals surface area contributed by atoms with Crippen LogP contribution in [0, 0.1) is 19.7 Å². The van der Waals surface area contributed by atoms with Gasteiger partial charge >= 0.3 is 0 Å². The van der Waals surface area contributed by atoms with E-state index in [9.17, 15) is 4.39 Å². The van der Waals surface area contributed by atoms with E-state index in [0.717, 1.165) is 22.3 Å². The summed E-state index contributed by atoms with van der Waals surface area (Å²) in [5, 5.41) is 0. The van der Waals surface area contributed by atoms with Crippen LogP contribution >= 0.6 is 0 Å². The van der Waals surface area contributed by atoms with Gasteiger partial charge in [0.1, 0.15) is 5.82 Å². The maximum absolute atomic E-state index is 13.2. The summed E-state index contributed by atoms with van der Waals surface area (Å²) in [7, 11) is 0. The number of rotatable bonds is 1. The lowest BCUT2D eigenvalue weighted by Crippen LogP contribution is -1.91. The third kappa shape index (κ3) is 1.91. The van der Waals surface area contributed by atoms with E-state index < -0.39 is 0 Å². The maximum atomic E-state index is 13.2. The Labute approximate surface area is 94.7 Å². The van der Waals surface area contributed by atoms with Crippen LogP contribution in [0.4, 0.5) is 10.1 Å². The third-order valence-corrected chi connectivity index (χ3v) is 2.75. The molecule has 0 fully saturated rings. The quantitative estimate of drug-likeness (QED) is 0.721. The van der Waals surface area contributed by atoms with Gasteiger partial charge in [0.25, 0.3) is 0 Å². The minimum absolute atomic E-state index is 0.220. The summed E-state index contributed by atoms with van der Waals surface area (Å²) < 4.78 is 13.2. The molecule has 0 bridgehead atoms. The lowest BCUT2D eigenvalue weighted by molar-refractivity contribution is 0.628. The summed E-state index contributed by atoms with van der Waals surface area (Å²) in [5.41, 5.74) is 10.5. The maximum Gasteiger partial charge on any atom is 0.123 e. The molecule has 0 unspecified atom stereocenters. The van der Waals surface area contributed by atoms with Crippen molar-refractivity contribution in [2.75, 3.05) is 5.73 Å². The van der Waals surface area contributed by atoms with Crippen LogP contribution in [0.1, 0.15) is 11.1 Å². The van der Waals surface area contributed by atoms with Gasteiger partial charge in [0.05, 0.1) is 0 Å². The van der Waals surface area contributed by atoms with Crippen LogP contribution in [0.3, 0.4) is 0 Å². The molecule has 82 valence electrons. The van der Waals surface area contributed by atoms with Crippen molar-refractivity contribution in [3.63, 3.8) is 0 Å². The molecule has 0 saturated heterocycles. The van der Waals surface area contributed by atoms with Gasteiger partial charge in [0, 0.05) is 5.69 Å². The predicted molar refractivity (Wildman–Crippen MR) is 65.7 cm³/mol. The molecule has 0 amide bonds. The smallest absolute Gasteiger partial charge is 0.123 e. The first-order chi connectivity index (χ1) is 7.58. The van der Waals surface area contributed by atoms with Crippen molar-refractivity contribution in [3.05, 3.63) is 53.3 Å². The van der Waals surface area contributed by atoms with Crippen LogP contribution < -0.4 is 5.73 Å². The lowest BCUT2D eigenvalue weighted by Gasteiger charge is -2.10. The Kier molecular flexibility index (Phi) is 2.65. The zero-order chi connectivity index (χ0) is 11.7. The zero-order valence-corrected chi connectivity index (χ0v) is 9.42. The fourth-order valence-corrected chi connectivity index (χ4v) is 1.81. The van der Waals surface area contributed by atoms with Crippen LogP contribution in [-0.2, 0) is 0 Å². The molecular weight excluding hydrogens is 201 g/mol. The van der Waals surface area contributed by atoms with E-state index in [4.69, 9.17) is 5.73 Å². The Morgan fingerprint density at radius 3 is 2.12 bits per heavy atom. The van der Waals surface area contributed by atoms with E-state index in [1.165, 1.54) is 6.07 Å². The number of nitrogen functional groups attached to an aromatic ring is 1. The van der Waals surface area contributed by atoms with Gasteiger partial charge in [0.2, 0.25) is 0 Å². The molecule has 0 radical (unpaired) electrons. The molecule has 16 heavy (non-hydrogen) atoms. The van der Waals surface area contributed by atoms with E-state index in [1.807, 2.05) is 32.0 Å². The average Bonchev–Trinajstić information content (AvgIpc) is 2.25. The summed E-state index contributed by atoms with van der Waals surface area (Å²) in [6, 6.07) is 10.5. The Bertz CT molecular complexity index is 483. The molecule has 1 nitrogen and oxygen atoms in total. The van der Waals surface area contributed by atoms with Crippen LogP contribution in [0.15, 0.2) is 36.4 Å². The number of hydrogen-bond donors (Lipinski definition) is 1. The first-order valence-corrected chi connectivity index (χ1v) is 5.20. The lowest BCUT2D eigenvalue weighted by atomic mass is 9.96. The molecule has 0 aliphatic heterocycles. The van der Waals surface area contributed by atoms with Gasteiger partial charge in [-0.15, -0.1) is 0 Å². The normalized spacial score (nSPS) is 10.4. The number of anilines is 1. The molecule has 0 atom stereocenters. The van der Waals surface area contributed by atoms with Crippen LogP contribution in [0.5, 0.6) is 0 Å². The molecular formula is C14H14FN. The van der Waals surface area contributed by atoms with Crippen molar-refractivity contribution in [1.29, 1.82) is 0 Å². The Balaban J connectivity index is 2.66. The van der Waals surface area contributed by atoms with Crippen molar-refractivity contribution in [1.82, 2.24) is 0 Å². The average molecular weight is 215 g/mol. The van der Waals surface area contributed by atoms with E-state index in [2.05, 4.69) is 0 Å². The second kappa shape index (κ2) is 3.97. The van der Waals surface area contributed by atoms with E-state index in [-0.39, 0.29) is 5.82 Å². The minimum atomic E-state index is -0.220. The number of halogens is 1. The second-order valence-corrected chi connectivity index (χ2v) is 4.03. The topological polar surface area (TPSA) is 26.0 Å². The summed E-state index contributed by atoms with van der Waals surface area (Å²) in [6.45, 7) is 3.97. The van der Waals surface area contributed by atoms with E-state index in [1.54, 1.807) is 12.1 Å². The number of nitrogens with two attached hydrogens (primary N) is 1. The summed E-state index contributed by atoms with van der Waals surface area (Å²) in [4.78, 5) is 0. The first kappa shape index (κ1) is 10.7. The van der Waals surface area contributed by atoms with Crippen molar-refractivity contribution in [2.45, 2.75) is 13.8 Å². The Hall–Kier alpha value is -1.83. The van der Waals surface area contributed by atoms with Crippen LogP contribution in [0.2, 0.25) is 0 Å². The summed E-state index contributed by atoms with van der Waals surface area (Å²) in [5.74, 6) is -0.220. The van der Waals surface area contributed by atoms with Gasteiger partial charge < -0.3 is 5.73 Å². The fraction of sp³-hybridized carbons (Fsp3) is 0.143. The van der Waals surface area contributed by atoms with Gasteiger partial charge in [-0.25, -0.2) is 4.39 Å². The molecule has 0 aliphatic carbocycles. The van der Waals surface area contributed by atoms with Gasteiger partial charge in [0.15, 0.2) is 0 Å². The van der Waals surface area contributed by atoms with E-state index >= 15 is 0 Å². The SMILES string of the molecule is Cc1ccc(N)cc1-c1cc(F)ccc1C. The number of hydrogen-bond acceptors (Lipinski definition) is 1. The molecule has 2 aromatic carbocycles. The van der Waals surface area contributed by atoms with Gasteiger partial charge in [-0.1, -0.05) is 12.1 Å². The third-order valence-electron chi connectivity index (χ3n) is 2.75. The molecule has 0 heterocycles. The molecule has 2 rings (SSSR count). The van der Waals surface area contributed by atoms with Gasteiger partial charge in [-0.2, -0.15) is 0 Å². The molecule has 2 aromatic rings. The standard InChI is InChI=1S/C14H14FN/c1-9-3-5-11(15)7-13(9)14-8-12(16)6-4-10(14)2/h3-8H,16H2,1-2H3. The molecule has 0 aromatic heterocycles. The Morgan fingerprint density at radius 2 is 1.44 bits per heavy atom. The van der Waals surface area contributed by atoms with Crippen molar-refractivity contribution >= 4 is 5.69 Å². The summed E-state index contributed by atoms with van der Waals surface area (Å²) in [6.07, 6.45) is 0. The molecule has 0 spiro atoms. The van der Waals surface area contributed by atoms with Gasteiger partial charge in [-0.3, -0.25) is 0 Å². The monoisotopic (exact) mass is 215 g/mol. The van der Waals surface area contributed by atoms with Crippen molar-refractivity contribution in [2.24, 2.45) is 0 Å². The molecule has 0 saturated carbocycles. The van der Waals surface area contributed by atoms with Gasteiger partial charge in [-0.05, 0) is 60.4 Å². The zero-order valence-electron chi connectivity index (χ0n) is 9.42. The highest BCUT2D eigenvalue weighted by molar-refractivity contribution is 5.73. The Morgan fingerprint density at radius 1 is 0.875 bits per heavy atom. The highest BCUT2D eigenvalue weighted by atomic mass is 19.1. The largest absolute Gasteiger partial charge is 0.399 e. The van der Waals surface area contributed by atoms with Crippen LogP contribution in [-0.4, -0.2) is 0 Å². The molecule has 2 heteroatoms. The number of aryl methyl sites for hydroxylation is 2.